The summed E-state index contributed by atoms with van der Waals surface area (Å²) in [5.74, 6) is 0.728. The minimum Gasteiger partial charge on any atom is -0.378 e. The second kappa shape index (κ2) is 9.36. The van der Waals surface area contributed by atoms with Gasteiger partial charge in [0, 0.05) is 32.1 Å². The fourth-order valence-corrected chi connectivity index (χ4v) is 3.94. The smallest absolute Gasteiger partial charge is 0.260 e. The van der Waals surface area contributed by atoms with E-state index in [1.807, 2.05) is 17.5 Å². The Labute approximate surface area is 181 Å². The summed E-state index contributed by atoms with van der Waals surface area (Å²) in [6.07, 6.45) is 8.89. The number of carbonyl (C=O) groups is 1. The van der Waals surface area contributed by atoms with Gasteiger partial charge < -0.3 is 24.7 Å². The van der Waals surface area contributed by atoms with E-state index in [-0.39, 0.29) is 12.5 Å². The van der Waals surface area contributed by atoms with Crippen LogP contribution in [-0.2, 0) is 11.3 Å². The number of nitrogens with one attached hydrogen (secondary N) is 2. The van der Waals surface area contributed by atoms with Crippen molar-refractivity contribution < 1.29 is 9.53 Å². The summed E-state index contributed by atoms with van der Waals surface area (Å²) < 4.78 is 7.14. The predicted molar refractivity (Wildman–Crippen MR) is 117 cm³/mol. The first kappa shape index (κ1) is 21.1. The first-order valence-electron chi connectivity index (χ1n) is 10.5. The average Bonchev–Trinajstić information content (AvgIpc) is 3.15. The number of hydrogen-bond donors (Lipinski definition) is 2. The highest BCUT2D eigenvalue weighted by molar-refractivity contribution is 6.04. The Morgan fingerprint density at radius 3 is 2.81 bits per heavy atom. The number of carbonyl (C=O) groups excluding carboxylic acids is 1. The van der Waals surface area contributed by atoms with E-state index in [9.17, 15) is 4.79 Å². The molecule has 0 aromatic carbocycles. The fourth-order valence-electron chi connectivity index (χ4n) is 3.94. The Hall–Kier alpha value is -3.11. The van der Waals surface area contributed by atoms with E-state index < -0.39 is 0 Å². The second-order valence-electron chi connectivity index (χ2n) is 7.60. The van der Waals surface area contributed by atoms with Crippen molar-refractivity contribution in [2.45, 2.75) is 39.3 Å². The van der Waals surface area contributed by atoms with Gasteiger partial charge >= 0.3 is 0 Å². The molecule has 10 nitrogen and oxygen atoms in total. The van der Waals surface area contributed by atoms with Crippen LogP contribution in [0.15, 0.2) is 24.8 Å². The maximum atomic E-state index is 13.0. The molecule has 3 aromatic rings. The second-order valence-corrected chi connectivity index (χ2v) is 7.60. The van der Waals surface area contributed by atoms with E-state index in [0.717, 1.165) is 43.8 Å². The van der Waals surface area contributed by atoms with Gasteiger partial charge in [-0.15, -0.1) is 0 Å². The number of hydrogen-bond acceptors (Lipinski definition) is 8. The van der Waals surface area contributed by atoms with E-state index in [2.05, 4.69) is 37.4 Å². The van der Waals surface area contributed by atoms with E-state index in [1.165, 1.54) is 0 Å². The maximum absolute atomic E-state index is 13.0. The third-order valence-corrected chi connectivity index (χ3v) is 5.43. The number of amides is 1. The first-order valence-corrected chi connectivity index (χ1v) is 10.5. The van der Waals surface area contributed by atoms with Gasteiger partial charge in [0.25, 0.3) is 5.91 Å². The Kier molecular flexibility index (Phi) is 6.38. The van der Waals surface area contributed by atoms with Crippen LogP contribution >= 0.6 is 0 Å². The molecule has 4 heterocycles. The molecule has 1 aliphatic rings. The molecule has 1 fully saturated rings. The van der Waals surface area contributed by atoms with E-state index in [0.29, 0.717) is 29.1 Å². The van der Waals surface area contributed by atoms with Gasteiger partial charge in [-0.2, -0.15) is 0 Å². The van der Waals surface area contributed by atoms with E-state index in [4.69, 9.17) is 9.72 Å². The van der Waals surface area contributed by atoms with Gasteiger partial charge in [0.1, 0.15) is 5.82 Å². The van der Waals surface area contributed by atoms with Crippen LogP contribution in [0.5, 0.6) is 0 Å². The van der Waals surface area contributed by atoms with Crippen molar-refractivity contribution in [3.8, 4) is 0 Å². The largest absolute Gasteiger partial charge is 0.378 e. The van der Waals surface area contributed by atoms with Crippen molar-refractivity contribution in [1.82, 2.24) is 29.7 Å². The van der Waals surface area contributed by atoms with Gasteiger partial charge in [-0.05, 0) is 39.8 Å². The highest BCUT2D eigenvalue weighted by Gasteiger charge is 2.24. The van der Waals surface area contributed by atoms with Gasteiger partial charge in [-0.3, -0.25) is 4.79 Å². The Morgan fingerprint density at radius 1 is 1.26 bits per heavy atom. The number of rotatable bonds is 7. The molecule has 1 amide bonds. The van der Waals surface area contributed by atoms with Gasteiger partial charge in [0.2, 0.25) is 5.95 Å². The van der Waals surface area contributed by atoms with Crippen LogP contribution in [0.3, 0.4) is 0 Å². The van der Waals surface area contributed by atoms with Crippen LogP contribution in [0, 0.1) is 6.92 Å². The molecule has 1 aliphatic heterocycles. The Bertz CT molecular complexity index is 1060. The fraction of sp³-hybridized carbons (Fsp3) is 0.476. The Morgan fingerprint density at radius 2 is 2.06 bits per heavy atom. The summed E-state index contributed by atoms with van der Waals surface area (Å²) in [5.41, 5.74) is 2.53. The molecule has 31 heavy (non-hydrogen) atoms. The zero-order valence-corrected chi connectivity index (χ0v) is 18.1. The SMILES string of the molecule is CCN(c1ncc(C(=O)Nc2cn3cc(C)nc3cn2)c(COC)n1)C1CCNCC1. The molecule has 3 aromatic heterocycles. The number of imidazole rings is 1. The topological polar surface area (TPSA) is 110 Å². The average molecular weight is 425 g/mol. The summed E-state index contributed by atoms with van der Waals surface area (Å²) >= 11 is 0. The lowest BCUT2D eigenvalue weighted by molar-refractivity contribution is 0.102. The molecule has 0 unspecified atom stereocenters. The van der Waals surface area contributed by atoms with Crippen LogP contribution < -0.4 is 15.5 Å². The minimum absolute atomic E-state index is 0.217. The molecule has 2 N–H and O–H groups in total. The molecule has 0 atom stereocenters. The Balaban J connectivity index is 1.57. The number of fused-ring (bicyclic) bond motifs is 1. The predicted octanol–water partition coefficient (Wildman–Crippen LogP) is 1.80. The van der Waals surface area contributed by atoms with Crippen LogP contribution in [0.1, 0.15) is 41.5 Å². The van der Waals surface area contributed by atoms with Crippen LogP contribution in [0.2, 0.25) is 0 Å². The summed E-state index contributed by atoms with van der Waals surface area (Å²) in [5, 5.41) is 6.21. The summed E-state index contributed by atoms with van der Waals surface area (Å²) in [7, 11) is 1.59. The van der Waals surface area contributed by atoms with Crippen molar-refractivity contribution in [2.75, 3.05) is 37.0 Å². The van der Waals surface area contributed by atoms with Crippen LogP contribution in [-0.4, -0.2) is 63.0 Å². The lowest BCUT2D eigenvalue weighted by Gasteiger charge is -2.34. The third-order valence-electron chi connectivity index (χ3n) is 5.43. The van der Waals surface area contributed by atoms with Crippen molar-refractivity contribution in [1.29, 1.82) is 0 Å². The number of aromatic nitrogens is 5. The molecular weight excluding hydrogens is 396 g/mol. The van der Waals surface area contributed by atoms with Crippen molar-refractivity contribution in [2.24, 2.45) is 0 Å². The molecule has 0 bridgehead atoms. The molecule has 0 aliphatic carbocycles. The number of methoxy groups -OCH3 is 1. The van der Waals surface area contributed by atoms with Gasteiger partial charge in [0.05, 0.1) is 36.0 Å². The molecular formula is C21H28N8O2. The standard InChI is InChI=1S/C21H28N8O2/c1-4-29(15-5-7-22-8-6-15)21-24-9-16(17(26-21)13-31-3)20(30)27-18-12-28-11-14(2)25-19(28)10-23-18/h9-12,15,22H,4-8,13H2,1-3H3,(H,27,30). The van der Waals surface area contributed by atoms with Crippen molar-refractivity contribution in [3.05, 3.63) is 41.7 Å². The highest BCUT2D eigenvalue weighted by atomic mass is 16.5. The van der Waals surface area contributed by atoms with Gasteiger partial charge in [-0.1, -0.05) is 0 Å². The zero-order chi connectivity index (χ0) is 21.8. The van der Waals surface area contributed by atoms with E-state index >= 15 is 0 Å². The molecule has 10 heteroatoms. The monoisotopic (exact) mass is 424 g/mol. The van der Waals surface area contributed by atoms with Crippen LogP contribution in [0.4, 0.5) is 11.8 Å². The lowest BCUT2D eigenvalue weighted by Crippen LogP contribution is -2.44. The first-order chi connectivity index (χ1) is 15.1. The van der Waals surface area contributed by atoms with Crippen LogP contribution in [0.25, 0.3) is 5.65 Å². The maximum Gasteiger partial charge on any atom is 0.260 e. The number of piperidine rings is 1. The molecule has 4 rings (SSSR count). The summed E-state index contributed by atoms with van der Waals surface area (Å²) in [6.45, 7) is 7.00. The molecule has 0 saturated carbocycles. The zero-order valence-electron chi connectivity index (χ0n) is 18.1. The lowest BCUT2D eigenvalue weighted by atomic mass is 10.1. The molecule has 1 saturated heterocycles. The van der Waals surface area contributed by atoms with Gasteiger partial charge in [-0.25, -0.2) is 19.9 Å². The summed E-state index contributed by atoms with van der Waals surface area (Å²) in [6, 6.07) is 0.385. The number of ether oxygens (including phenoxy) is 1. The highest BCUT2D eigenvalue weighted by Crippen LogP contribution is 2.20. The van der Waals surface area contributed by atoms with E-state index in [1.54, 1.807) is 25.7 Å². The molecule has 0 spiro atoms. The quantitative estimate of drug-likeness (QED) is 0.591. The van der Waals surface area contributed by atoms with Crippen molar-refractivity contribution >= 4 is 23.3 Å². The summed E-state index contributed by atoms with van der Waals surface area (Å²) in [4.78, 5) is 33.0. The third kappa shape index (κ3) is 4.64. The number of nitrogens with zero attached hydrogens (tertiary/aromatic N) is 6. The number of aryl methyl sites for hydroxylation is 1. The molecule has 164 valence electrons. The van der Waals surface area contributed by atoms with Gasteiger partial charge in [0.15, 0.2) is 5.65 Å². The molecule has 0 radical (unpaired) electrons. The normalized spacial score (nSPS) is 14.7. The number of anilines is 2. The van der Waals surface area contributed by atoms with Crippen molar-refractivity contribution in [3.63, 3.8) is 0 Å². The minimum atomic E-state index is -0.327.